The molecule has 2 saturated carbocycles. The number of carbonyl (C=O) groups excluding carboxylic acids is 2. The maximum absolute atomic E-state index is 11.5. The van der Waals surface area contributed by atoms with E-state index in [0.29, 0.717) is 25.0 Å². The van der Waals surface area contributed by atoms with Gasteiger partial charge in [-0.3, -0.25) is 4.79 Å². The summed E-state index contributed by atoms with van der Waals surface area (Å²) in [5.74, 6) is 1.05. The van der Waals surface area contributed by atoms with Crippen molar-refractivity contribution in [3.8, 4) is 0 Å². The molecule has 0 spiro atoms. The Labute approximate surface area is 108 Å². The van der Waals surface area contributed by atoms with Crippen LogP contribution in [0.15, 0.2) is 0 Å². The lowest BCUT2D eigenvalue weighted by Gasteiger charge is -2.23. The standard InChI is InChI=1S/C13H23N3O2/c1-9-8-11(9)16-13(18)15-7-3-6-14-12(17)10-4-2-5-10/h9-11H,2-8H2,1H3,(H,14,17)(H2,15,16,18)/t9-,11-/m0/s1. The summed E-state index contributed by atoms with van der Waals surface area (Å²) < 4.78 is 0. The zero-order valence-corrected chi connectivity index (χ0v) is 11.0. The number of nitrogens with one attached hydrogen (secondary N) is 3. The third-order valence-corrected chi connectivity index (χ3v) is 3.84. The molecule has 0 aromatic heterocycles. The smallest absolute Gasteiger partial charge is 0.315 e. The molecule has 3 amide bonds. The minimum atomic E-state index is -0.0883. The first-order chi connectivity index (χ1) is 8.66. The highest BCUT2D eigenvalue weighted by atomic mass is 16.2. The van der Waals surface area contributed by atoms with E-state index in [4.69, 9.17) is 0 Å². The SMILES string of the molecule is C[C@H]1C[C@@H]1NC(=O)NCCCNC(=O)C1CCC1. The molecule has 18 heavy (non-hydrogen) atoms. The fourth-order valence-electron chi connectivity index (χ4n) is 2.06. The van der Waals surface area contributed by atoms with Crippen molar-refractivity contribution in [2.24, 2.45) is 11.8 Å². The Balaban J connectivity index is 1.43. The van der Waals surface area contributed by atoms with Crippen LogP contribution in [0.5, 0.6) is 0 Å². The van der Waals surface area contributed by atoms with Crippen molar-refractivity contribution in [1.82, 2.24) is 16.0 Å². The molecule has 0 aromatic rings. The Hall–Kier alpha value is -1.26. The second kappa shape index (κ2) is 6.07. The molecule has 102 valence electrons. The van der Waals surface area contributed by atoms with Crippen LogP contribution in [0.25, 0.3) is 0 Å². The van der Waals surface area contributed by atoms with Gasteiger partial charge < -0.3 is 16.0 Å². The van der Waals surface area contributed by atoms with E-state index in [0.717, 1.165) is 25.7 Å². The largest absolute Gasteiger partial charge is 0.356 e. The van der Waals surface area contributed by atoms with Gasteiger partial charge in [-0.1, -0.05) is 13.3 Å². The van der Waals surface area contributed by atoms with Crippen molar-refractivity contribution in [3.05, 3.63) is 0 Å². The van der Waals surface area contributed by atoms with Crippen molar-refractivity contribution >= 4 is 11.9 Å². The van der Waals surface area contributed by atoms with Gasteiger partial charge >= 0.3 is 6.03 Å². The molecular weight excluding hydrogens is 230 g/mol. The van der Waals surface area contributed by atoms with Crippen LogP contribution < -0.4 is 16.0 Å². The van der Waals surface area contributed by atoms with Crippen molar-refractivity contribution < 1.29 is 9.59 Å². The first-order valence-corrected chi connectivity index (χ1v) is 6.99. The van der Waals surface area contributed by atoms with Gasteiger partial charge in [-0.15, -0.1) is 0 Å². The summed E-state index contributed by atoms with van der Waals surface area (Å²) in [7, 11) is 0. The zero-order valence-electron chi connectivity index (χ0n) is 11.0. The van der Waals surface area contributed by atoms with Crippen LogP contribution in [-0.4, -0.2) is 31.1 Å². The molecule has 0 unspecified atom stereocenters. The van der Waals surface area contributed by atoms with E-state index in [9.17, 15) is 9.59 Å². The van der Waals surface area contributed by atoms with Gasteiger partial charge in [-0.05, 0) is 31.6 Å². The summed E-state index contributed by atoms with van der Waals surface area (Å²) in [4.78, 5) is 22.9. The van der Waals surface area contributed by atoms with E-state index in [1.807, 2.05) is 0 Å². The number of carbonyl (C=O) groups is 2. The highest BCUT2D eigenvalue weighted by Crippen LogP contribution is 2.28. The Morgan fingerprint density at radius 3 is 2.39 bits per heavy atom. The molecule has 2 atom stereocenters. The van der Waals surface area contributed by atoms with Crippen LogP contribution in [0.4, 0.5) is 4.79 Å². The molecule has 0 aromatic carbocycles. The molecule has 2 aliphatic rings. The molecule has 0 heterocycles. The molecule has 5 nitrogen and oxygen atoms in total. The van der Waals surface area contributed by atoms with Crippen molar-refractivity contribution in [2.45, 2.75) is 45.1 Å². The van der Waals surface area contributed by atoms with Gasteiger partial charge in [0.25, 0.3) is 0 Å². The number of urea groups is 1. The number of hydrogen-bond donors (Lipinski definition) is 3. The third kappa shape index (κ3) is 3.89. The second-order valence-corrected chi connectivity index (χ2v) is 5.49. The fraction of sp³-hybridized carbons (Fsp3) is 0.846. The molecule has 0 saturated heterocycles. The van der Waals surface area contributed by atoms with Gasteiger partial charge in [0.1, 0.15) is 0 Å². The molecule has 2 fully saturated rings. The Morgan fingerprint density at radius 2 is 1.83 bits per heavy atom. The lowest BCUT2D eigenvalue weighted by atomic mass is 9.85. The summed E-state index contributed by atoms with van der Waals surface area (Å²) >= 11 is 0. The van der Waals surface area contributed by atoms with Crippen LogP contribution in [0.2, 0.25) is 0 Å². The van der Waals surface area contributed by atoms with E-state index in [-0.39, 0.29) is 17.9 Å². The summed E-state index contributed by atoms with van der Waals surface area (Å²) in [5, 5.41) is 8.61. The van der Waals surface area contributed by atoms with Gasteiger partial charge in [0.05, 0.1) is 0 Å². The Bertz CT molecular complexity index is 315. The minimum absolute atomic E-state index is 0.0883. The van der Waals surface area contributed by atoms with Gasteiger partial charge in [0, 0.05) is 25.0 Å². The molecule has 0 aliphatic heterocycles. The Kier molecular flexibility index (Phi) is 4.44. The highest BCUT2D eigenvalue weighted by Gasteiger charge is 2.33. The van der Waals surface area contributed by atoms with Crippen LogP contribution >= 0.6 is 0 Å². The van der Waals surface area contributed by atoms with E-state index in [2.05, 4.69) is 22.9 Å². The van der Waals surface area contributed by atoms with Crippen LogP contribution in [0, 0.1) is 11.8 Å². The first kappa shape index (κ1) is 13.2. The van der Waals surface area contributed by atoms with Gasteiger partial charge in [0.15, 0.2) is 0 Å². The summed E-state index contributed by atoms with van der Waals surface area (Å²) in [6.07, 6.45) is 5.12. The zero-order chi connectivity index (χ0) is 13.0. The summed E-state index contributed by atoms with van der Waals surface area (Å²) in [5.41, 5.74) is 0. The normalized spacial score (nSPS) is 26.1. The van der Waals surface area contributed by atoms with Gasteiger partial charge in [0.2, 0.25) is 5.91 Å². The molecule has 0 bridgehead atoms. The predicted molar refractivity (Wildman–Crippen MR) is 69.1 cm³/mol. The molecular formula is C13H23N3O2. The fourth-order valence-corrected chi connectivity index (χ4v) is 2.06. The predicted octanol–water partition coefficient (Wildman–Crippen LogP) is 1.00. The van der Waals surface area contributed by atoms with Crippen molar-refractivity contribution in [2.75, 3.05) is 13.1 Å². The number of hydrogen-bond acceptors (Lipinski definition) is 2. The van der Waals surface area contributed by atoms with E-state index in [1.54, 1.807) is 0 Å². The first-order valence-electron chi connectivity index (χ1n) is 6.99. The maximum Gasteiger partial charge on any atom is 0.315 e. The van der Waals surface area contributed by atoms with E-state index in [1.165, 1.54) is 6.42 Å². The van der Waals surface area contributed by atoms with E-state index >= 15 is 0 Å². The molecule has 5 heteroatoms. The lowest BCUT2D eigenvalue weighted by Crippen LogP contribution is -2.39. The minimum Gasteiger partial charge on any atom is -0.356 e. The van der Waals surface area contributed by atoms with Crippen LogP contribution in [0.3, 0.4) is 0 Å². The lowest BCUT2D eigenvalue weighted by molar-refractivity contribution is -0.127. The average Bonchev–Trinajstić information content (AvgIpc) is 2.91. The maximum atomic E-state index is 11.5. The molecule has 2 rings (SSSR count). The second-order valence-electron chi connectivity index (χ2n) is 5.49. The summed E-state index contributed by atoms with van der Waals surface area (Å²) in [6.45, 7) is 3.38. The third-order valence-electron chi connectivity index (χ3n) is 3.84. The van der Waals surface area contributed by atoms with Gasteiger partial charge in [-0.2, -0.15) is 0 Å². The quantitative estimate of drug-likeness (QED) is 0.618. The number of amides is 3. The monoisotopic (exact) mass is 253 g/mol. The summed E-state index contributed by atoms with van der Waals surface area (Å²) in [6, 6.07) is 0.276. The topological polar surface area (TPSA) is 70.2 Å². The van der Waals surface area contributed by atoms with Gasteiger partial charge in [-0.25, -0.2) is 4.79 Å². The number of rotatable bonds is 6. The molecule has 2 aliphatic carbocycles. The van der Waals surface area contributed by atoms with Crippen molar-refractivity contribution in [3.63, 3.8) is 0 Å². The molecule has 0 radical (unpaired) electrons. The van der Waals surface area contributed by atoms with Crippen molar-refractivity contribution in [1.29, 1.82) is 0 Å². The van der Waals surface area contributed by atoms with Crippen LogP contribution in [0.1, 0.15) is 39.0 Å². The molecule has 3 N–H and O–H groups in total. The van der Waals surface area contributed by atoms with E-state index < -0.39 is 0 Å². The average molecular weight is 253 g/mol. The van der Waals surface area contributed by atoms with Crippen LogP contribution in [-0.2, 0) is 4.79 Å². The Morgan fingerprint density at radius 1 is 1.17 bits per heavy atom. The highest BCUT2D eigenvalue weighted by molar-refractivity contribution is 5.79.